The predicted molar refractivity (Wildman–Crippen MR) is 132 cm³/mol. The van der Waals surface area contributed by atoms with Crippen LogP contribution in [0.15, 0.2) is 29.4 Å². The van der Waals surface area contributed by atoms with E-state index >= 15 is 0 Å². The first-order chi connectivity index (χ1) is 16.0. The third-order valence-corrected chi connectivity index (χ3v) is 5.18. The van der Waals surface area contributed by atoms with E-state index in [0.29, 0.717) is 19.5 Å². The summed E-state index contributed by atoms with van der Waals surface area (Å²) < 4.78 is 10.5. The Morgan fingerprint density at radius 2 is 1.74 bits per heavy atom. The van der Waals surface area contributed by atoms with Crippen molar-refractivity contribution in [1.29, 1.82) is 0 Å². The highest BCUT2D eigenvalue weighted by atomic mass is 16.6. The van der Waals surface area contributed by atoms with Crippen LogP contribution < -0.4 is 20.7 Å². The summed E-state index contributed by atoms with van der Waals surface area (Å²) in [5.74, 6) is 0.993. The van der Waals surface area contributed by atoms with Crippen molar-refractivity contribution in [3.63, 3.8) is 0 Å². The molecule has 34 heavy (non-hydrogen) atoms. The lowest BCUT2D eigenvalue weighted by Crippen LogP contribution is -2.50. The third-order valence-electron chi connectivity index (χ3n) is 5.18. The molecule has 1 saturated heterocycles. The Hall–Kier alpha value is -3.17. The van der Waals surface area contributed by atoms with E-state index < -0.39 is 17.7 Å². The first-order valence-corrected chi connectivity index (χ1v) is 11.6. The van der Waals surface area contributed by atoms with E-state index in [0.717, 1.165) is 24.5 Å². The molecule has 1 aromatic rings. The zero-order chi connectivity index (χ0) is 25.3. The van der Waals surface area contributed by atoms with Crippen molar-refractivity contribution >= 4 is 23.5 Å². The molecule has 1 unspecified atom stereocenters. The molecule has 0 saturated carbocycles. The molecule has 0 radical (unpaired) electrons. The number of nitrogens with two attached hydrogens (primary N) is 1. The molecule has 0 aromatic heterocycles. The van der Waals surface area contributed by atoms with Gasteiger partial charge in [0.05, 0.1) is 13.2 Å². The van der Waals surface area contributed by atoms with Gasteiger partial charge in [-0.1, -0.05) is 19.0 Å². The smallest absolute Gasteiger partial charge is 0.408 e. The second-order valence-electron chi connectivity index (χ2n) is 9.68. The molecule has 1 aliphatic heterocycles. The van der Waals surface area contributed by atoms with Gasteiger partial charge < -0.3 is 35.2 Å². The Bertz CT molecular complexity index is 827. The van der Waals surface area contributed by atoms with Gasteiger partial charge in [0.2, 0.25) is 0 Å². The van der Waals surface area contributed by atoms with Gasteiger partial charge >= 0.3 is 6.09 Å². The molecule has 1 fully saturated rings. The van der Waals surface area contributed by atoms with Gasteiger partial charge in [-0.05, 0) is 57.4 Å². The van der Waals surface area contributed by atoms with E-state index in [2.05, 4.69) is 15.4 Å². The van der Waals surface area contributed by atoms with E-state index in [9.17, 15) is 9.59 Å². The number of amidine groups is 1. The van der Waals surface area contributed by atoms with E-state index in [1.807, 2.05) is 38.1 Å². The number of amides is 2. The lowest BCUT2D eigenvalue weighted by Gasteiger charge is -2.36. The number of methoxy groups -OCH3 is 1. The van der Waals surface area contributed by atoms with E-state index in [1.54, 1.807) is 32.8 Å². The molecule has 0 bridgehead atoms. The predicted octanol–water partition coefficient (Wildman–Crippen LogP) is 2.57. The van der Waals surface area contributed by atoms with Crippen LogP contribution in [0.4, 0.5) is 10.5 Å². The van der Waals surface area contributed by atoms with Crippen LogP contribution in [-0.2, 0) is 14.4 Å². The van der Waals surface area contributed by atoms with Crippen molar-refractivity contribution in [1.82, 2.24) is 10.2 Å². The number of carbonyl (C=O) groups excluding carboxylic acids is 2. The van der Waals surface area contributed by atoms with Gasteiger partial charge in [0, 0.05) is 31.9 Å². The number of hydrogen-bond acceptors (Lipinski definition) is 7. The van der Waals surface area contributed by atoms with Gasteiger partial charge in [-0.3, -0.25) is 4.79 Å². The van der Waals surface area contributed by atoms with Crippen LogP contribution in [0.2, 0.25) is 0 Å². The quantitative estimate of drug-likeness (QED) is 0.319. The Kier molecular flexibility index (Phi) is 9.83. The Balaban J connectivity index is 1.84. The van der Waals surface area contributed by atoms with Crippen LogP contribution in [0.3, 0.4) is 0 Å². The minimum absolute atomic E-state index is 0.0942. The van der Waals surface area contributed by atoms with Gasteiger partial charge in [0.15, 0.2) is 12.4 Å². The average molecular weight is 478 g/mol. The maximum Gasteiger partial charge on any atom is 0.408 e. The number of nitrogens with one attached hydrogen (secondary N) is 1. The van der Waals surface area contributed by atoms with Gasteiger partial charge in [-0.15, -0.1) is 0 Å². The van der Waals surface area contributed by atoms with Crippen molar-refractivity contribution in [3.05, 3.63) is 24.3 Å². The van der Waals surface area contributed by atoms with Crippen molar-refractivity contribution in [2.75, 3.05) is 44.8 Å². The zero-order valence-corrected chi connectivity index (χ0v) is 21.2. The van der Waals surface area contributed by atoms with Crippen LogP contribution in [-0.4, -0.2) is 74.3 Å². The van der Waals surface area contributed by atoms with Gasteiger partial charge in [0.25, 0.3) is 5.91 Å². The summed E-state index contributed by atoms with van der Waals surface area (Å²) in [6.45, 7) is 11.8. The molecule has 1 aliphatic rings. The maximum atomic E-state index is 12.6. The second-order valence-corrected chi connectivity index (χ2v) is 9.68. The number of anilines is 1. The molecule has 0 aliphatic carbocycles. The SMILES string of the molecule is COc1ccc(N2CCN(C(=O)CO/N=C(/N)C(CC(C)C)NC(=O)OC(C)(C)C)CC2)cc1. The molecule has 190 valence electrons. The lowest BCUT2D eigenvalue weighted by molar-refractivity contribution is -0.136. The molecule has 2 amide bonds. The number of benzene rings is 1. The zero-order valence-electron chi connectivity index (χ0n) is 21.2. The number of carbonyl (C=O) groups is 2. The highest BCUT2D eigenvalue weighted by Gasteiger charge is 2.24. The first kappa shape index (κ1) is 27.1. The van der Waals surface area contributed by atoms with Crippen molar-refractivity contribution < 1.29 is 23.9 Å². The summed E-state index contributed by atoms with van der Waals surface area (Å²) in [4.78, 5) is 33.9. The molecule has 1 heterocycles. The molecule has 0 spiro atoms. The number of oxime groups is 1. The summed E-state index contributed by atoms with van der Waals surface area (Å²) in [6, 6.07) is 7.31. The number of alkyl carbamates (subject to hydrolysis) is 1. The number of nitrogens with zero attached hydrogens (tertiary/aromatic N) is 3. The van der Waals surface area contributed by atoms with Crippen molar-refractivity contribution in [2.24, 2.45) is 16.8 Å². The number of hydrogen-bond donors (Lipinski definition) is 2. The van der Waals surface area contributed by atoms with Crippen molar-refractivity contribution in [3.8, 4) is 5.75 Å². The Labute approximate surface area is 202 Å². The minimum Gasteiger partial charge on any atom is -0.497 e. The second kappa shape index (κ2) is 12.3. The molecule has 1 aromatic carbocycles. The standard InChI is InChI=1S/C24H39N5O5/c1-17(2)15-20(26-23(31)34-24(3,4)5)22(25)27-33-16-21(30)29-13-11-28(12-14-29)18-7-9-19(32-6)10-8-18/h7-10,17,20H,11-16H2,1-6H3,(H2,25,27)(H,26,31). The molecule has 3 N–H and O–H groups in total. The lowest BCUT2D eigenvalue weighted by atomic mass is 10.0. The van der Waals surface area contributed by atoms with Gasteiger partial charge in [0.1, 0.15) is 11.4 Å². The van der Waals surface area contributed by atoms with Crippen LogP contribution >= 0.6 is 0 Å². The number of rotatable bonds is 9. The van der Waals surface area contributed by atoms with Crippen LogP contribution in [0.1, 0.15) is 41.0 Å². The highest BCUT2D eigenvalue weighted by Crippen LogP contribution is 2.20. The fourth-order valence-corrected chi connectivity index (χ4v) is 3.50. The molecular formula is C24H39N5O5. The van der Waals surface area contributed by atoms with Crippen LogP contribution in [0.5, 0.6) is 5.75 Å². The Morgan fingerprint density at radius 1 is 1.12 bits per heavy atom. The average Bonchev–Trinajstić information content (AvgIpc) is 2.77. The van der Waals surface area contributed by atoms with Crippen LogP contribution in [0, 0.1) is 5.92 Å². The van der Waals surface area contributed by atoms with Gasteiger partial charge in [-0.25, -0.2) is 4.79 Å². The highest BCUT2D eigenvalue weighted by molar-refractivity contribution is 5.88. The molecule has 10 nitrogen and oxygen atoms in total. The fraction of sp³-hybridized carbons (Fsp3) is 0.625. The summed E-state index contributed by atoms with van der Waals surface area (Å²) in [5, 5.41) is 6.62. The van der Waals surface area contributed by atoms with E-state index in [-0.39, 0.29) is 24.3 Å². The normalized spacial score (nSPS) is 15.7. The molecular weight excluding hydrogens is 438 g/mol. The largest absolute Gasteiger partial charge is 0.497 e. The maximum absolute atomic E-state index is 12.6. The third kappa shape index (κ3) is 8.99. The Morgan fingerprint density at radius 3 is 2.26 bits per heavy atom. The van der Waals surface area contributed by atoms with Crippen LogP contribution in [0.25, 0.3) is 0 Å². The van der Waals surface area contributed by atoms with Gasteiger partial charge in [-0.2, -0.15) is 0 Å². The fourth-order valence-electron chi connectivity index (χ4n) is 3.50. The minimum atomic E-state index is -0.626. The van der Waals surface area contributed by atoms with E-state index in [4.69, 9.17) is 20.0 Å². The van der Waals surface area contributed by atoms with Crippen molar-refractivity contribution in [2.45, 2.75) is 52.7 Å². The molecule has 2 rings (SSSR count). The number of piperazine rings is 1. The molecule has 1 atom stereocenters. The first-order valence-electron chi connectivity index (χ1n) is 11.6. The van der Waals surface area contributed by atoms with E-state index in [1.165, 1.54) is 0 Å². The number of ether oxygens (including phenoxy) is 2. The molecule has 10 heteroatoms. The summed E-state index contributed by atoms with van der Waals surface area (Å²) in [5.41, 5.74) is 6.53. The summed E-state index contributed by atoms with van der Waals surface area (Å²) in [6.07, 6.45) is -0.0266. The monoisotopic (exact) mass is 477 g/mol. The summed E-state index contributed by atoms with van der Waals surface area (Å²) in [7, 11) is 1.64. The summed E-state index contributed by atoms with van der Waals surface area (Å²) >= 11 is 0. The topological polar surface area (TPSA) is 119 Å².